The summed E-state index contributed by atoms with van der Waals surface area (Å²) in [7, 11) is 0. The van der Waals surface area contributed by atoms with E-state index in [2.05, 4.69) is 22.1 Å². The molecular formula is C15H18N2O3. The maximum absolute atomic E-state index is 12.1. The number of pyridine rings is 1. The molecule has 0 aromatic carbocycles. The molecule has 20 heavy (non-hydrogen) atoms. The highest BCUT2D eigenvalue weighted by Gasteiger charge is 2.30. The van der Waals surface area contributed by atoms with Crippen LogP contribution < -0.4 is 5.32 Å². The highest BCUT2D eigenvalue weighted by Crippen LogP contribution is 2.21. The maximum atomic E-state index is 12.1. The number of rotatable bonds is 3. The average Bonchev–Trinajstić information content (AvgIpc) is 2.86. The predicted molar refractivity (Wildman–Crippen MR) is 75.0 cm³/mol. The Morgan fingerprint density at radius 1 is 1.65 bits per heavy atom. The molecule has 2 rings (SSSR count). The monoisotopic (exact) mass is 274 g/mol. The van der Waals surface area contributed by atoms with Crippen molar-refractivity contribution in [3.8, 4) is 11.8 Å². The van der Waals surface area contributed by atoms with Crippen LogP contribution in [0, 0.1) is 17.8 Å². The summed E-state index contributed by atoms with van der Waals surface area (Å²) in [6, 6.07) is 3.47. The van der Waals surface area contributed by atoms with Crippen molar-refractivity contribution in [2.24, 2.45) is 5.92 Å². The highest BCUT2D eigenvalue weighted by molar-refractivity contribution is 5.93. The minimum Gasteiger partial charge on any atom is -0.395 e. The fourth-order valence-corrected chi connectivity index (χ4v) is 2.03. The number of hydrogen-bond donors (Lipinski definition) is 2. The highest BCUT2D eigenvalue weighted by atomic mass is 16.5. The van der Waals surface area contributed by atoms with Crippen molar-refractivity contribution in [1.29, 1.82) is 0 Å². The van der Waals surface area contributed by atoms with Crippen LogP contribution in [0.25, 0.3) is 0 Å². The van der Waals surface area contributed by atoms with Gasteiger partial charge in [-0.2, -0.15) is 0 Å². The number of nitrogens with zero attached hydrogens (tertiary/aromatic N) is 1. The third-order valence-electron chi connectivity index (χ3n) is 3.13. The lowest BCUT2D eigenvalue weighted by molar-refractivity contribution is -0.126. The van der Waals surface area contributed by atoms with Crippen molar-refractivity contribution in [2.75, 3.05) is 18.5 Å². The summed E-state index contributed by atoms with van der Waals surface area (Å²) in [6.07, 6.45) is 2.52. The number of carbonyl (C=O) groups is 1. The normalized spacial score (nSPS) is 21.1. The van der Waals surface area contributed by atoms with Gasteiger partial charge in [0.25, 0.3) is 5.91 Å². The summed E-state index contributed by atoms with van der Waals surface area (Å²) in [5.41, 5.74) is 0.754. The summed E-state index contributed by atoms with van der Waals surface area (Å²) in [6.45, 7) is 2.67. The lowest BCUT2D eigenvalue weighted by Crippen LogP contribution is -2.31. The lowest BCUT2D eigenvalue weighted by atomic mass is 10.0. The molecule has 1 amide bonds. The molecule has 5 nitrogen and oxygen atoms in total. The van der Waals surface area contributed by atoms with Gasteiger partial charge in [0, 0.05) is 24.8 Å². The van der Waals surface area contributed by atoms with Crippen LogP contribution in [-0.2, 0) is 9.53 Å². The zero-order valence-electron chi connectivity index (χ0n) is 11.4. The molecule has 1 aliphatic heterocycles. The second kappa shape index (κ2) is 7.04. The van der Waals surface area contributed by atoms with E-state index < -0.39 is 6.10 Å². The second-order valence-electron chi connectivity index (χ2n) is 4.75. The Labute approximate surface area is 118 Å². The molecule has 2 atom stereocenters. The number of aromatic nitrogens is 1. The van der Waals surface area contributed by atoms with Gasteiger partial charge >= 0.3 is 0 Å². The average molecular weight is 274 g/mol. The first-order chi connectivity index (χ1) is 9.70. The number of aliphatic hydroxyl groups excluding tert-OH is 1. The molecule has 2 heterocycles. The Morgan fingerprint density at radius 2 is 2.50 bits per heavy atom. The van der Waals surface area contributed by atoms with E-state index in [4.69, 9.17) is 9.84 Å². The summed E-state index contributed by atoms with van der Waals surface area (Å²) < 4.78 is 5.41. The van der Waals surface area contributed by atoms with Crippen molar-refractivity contribution >= 4 is 11.7 Å². The van der Waals surface area contributed by atoms with Crippen LogP contribution in [0.4, 0.5) is 5.82 Å². The lowest BCUT2D eigenvalue weighted by Gasteiger charge is -2.13. The number of ether oxygens (including phenoxy) is 1. The van der Waals surface area contributed by atoms with Gasteiger partial charge in [-0.1, -0.05) is 18.8 Å². The number of aliphatic hydroxyl groups is 1. The first kappa shape index (κ1) is 14.5. The first-order valence-corrected chi connectivity index (χ1v) is 6.69. The third-order valence-corrected chi connectivity index (χ3v) is 3.13. The SMILES string of the molecule is CC1CCOC1C(=O)Nc1cc(C#CCCO)ccn1. The first-order valence-electron chi connectivity index (χ1n) is 6.69. The molecule has 2 unspecified atom stereocenters. The number of nitrogens with one attached hydrogen (secondary N) is 1. The zero-order valence-corrected chi connectivity index (χ0v) is 11.4. The predicted octanol–water partition coefficient (Wildman–Crippen LogP) is 1.18. The fraction of sp³-hybridized carbons (Fsp3) is 0.467. The molecular weight excluding hydrogens is 256 g/mol. The topological polar surface area (TPSA) is 71.5 Å². The molecule has 1 saturated heterocycles. The van der Waals surface area contributed by atoms with Gasteiger partial charge < -0.3 is 15.2 Å². The van der Waals surface area contributed by atoms with E-state index in [9.17, 15) is 4.79 Å². The van der Waals surface area contributed by atoms with E-state index in [0.29, 0.717) is 18.8 Å². The smallest absolute Gasteiger partial charge is 0.254 e. The molecule has 1 fully saturated rings. The van der Waals surface area contributed by atoms with E-state index >= 15 is 0 Å². The van der Waals surface area contributed by atoms with Crippen LogP contribution in [-0.4, -0.2) is 35.3 Å². The van der Waals surface area contributed by atoms with E-state index in [1.54, 1.807) is 18.3 Å². The Bertz CT molecular complexity index is 533. The van der Waals surface area contributed by atoms with Crippen LogP contribution in [0.5, 0.6) is 0 Å². The minimum absolute atomic E-state index is 0.0403. The molecule has 0 saturated carbocycles. The molecule has 2 N–H and O–H groups in total. The van der Waals surface area contributed by atoms with Gasteiger partial charge in [-0.3, -0.25) is 4.79 Å². The van der Waals surface area contributed by atoms with Crippen molar-refractivity contribution < 1.29 is 14.6 Å². The van der Waals surface area contributed by atoms with Crippen LogP contribution in [0.15, 0.2) is 18.3 Å². The standard InChI is InChI=1S/C15H18N2O3/c1-11-6-9-20-14(11)15(19)17-13-10-12(5-7-16-13)4-2-3-8-18/h5,7,10-11,14,18H,3,6,8-9H2,1H3,(H,16,17,19). The zero-order chi connectivity index (χ0) is 14.4. The molecule has 1 aromatic heterocycles. The van der Waals surface area contributed by atoms with E-state index in [1.165, 1.54) is 0 Å². The van der Waals surface area contributed by atoms with E-state index in [1.807, 2.05) is 6.92 Å². The van der Waals surface area contributed by atoms with Gasteiger partial charge in [-0.25, -0.2) is 4.98 Å². The third kappa shape index (κ3) is 3.80. The second-order valence-corrected chi connectivity index (χ2v) is 4.75. The Kier molecular flexibility index (Phi) is 5.10. The molecule has 0 spiro atoms. The van der Waals surface area contributed by atoms with Gasteiger partial charge in [0.15, 0.2) is 0 Å². The summed E-state index contributed by atoms with van der Waals surface area (Å²) in [5, 5.41) is 11.4. The molecule has 106 valence electrons. The van der Waals surface area contributed by atoms with Crippen molar-refractivity contribution in [1.82, 2.24) is 4.98 Å². The summed E-state index contributed by atoms with van der Waals surface area (Å²) >= 11 is 0. The van der Waals surface area contributed by atoms with Crippen LogP contribution in [0.1, 0.15) is 25.3 Å². The van der Waals surface area contributed by atoms with Crippen LogP contribution >= 0.6 is 0 Å². The van der Waals surface area contributed by atoms with Gasteiger partial charge in [-0.15, -0.1) is 0 Å². The van der Waals surface area contributed by atoms with Crippen LogP contribution in [0.3, 0.4) is 0 Å². The molecule has 5 heteroatoms. The number of anilines is 1. The molecule has 1 aliphatic rings. The van der Waals surface area contributed by atoms with E-state index in [0.717, 1.165) is 12.0 Å². The molecule has 0 bridgehead atoms. The van der Waals surface area contributed by atoms with Crippen LogP contribution in [0.2, 0.25) is 0 Å². The largest absolute Gasteiger partial charge is 0.395 e. The fourth-order valence-electron chi connectivity index (χ4n) is 2.03. The minimum atomic E-state index is -0.402. The van der Waals surface area contributed by atoms with Crippen molar-refractivity contribution in [2.45, 2.75) is 25.9 Å². The molecule has 1 aromatic rings. The summed E-state index contributed by atoms with van der Waals surface area (Å²) in [5.74, 6) is 6.26. The van der Waals surface area contributed by atoms with Gasteiger partial charge in [0.1, 0.15) is 11.9 Å². The molecule has 0 radical (unpaired) electrons. The Hall–Kier alpha value is -1.90. The van der Waals surface area contributed by atoms with E-state index in [-0.39, 0.29) is 18.4 Å². The summed E-state index contributed by atoms with van der Waals surface area (Å²) in [4.78, 5) is 16.2. The Balaban J connectivity index is 2.01. The quantitative estimate of drug-likeness (QED) is 0.812. The van der Waals surface area contributed by atoms with Gasteiger partial charge in [-0.05, 0) is 24.5 Å². The maximum Gasteiger partial charge on any atom is 0.254 e. The Morgan fingerprint density at radius 3 is 3.20 bits per heavy atom. The van der Waals surface area contributed by atoms with Crippen molar-refractivity contribution in [3.05, 3.63) is 23.9 Å². The van der Waals surface area contributed by atoms with Gasteiger partial charge in [0.05, 0.1) is 6.61 Å². The number of carbonyl (C=O) groups excluding carboxylic acids is 1. The molecule has 0 aliphatic carbocycles. The number of hydrogen-bond acceptors (Lipinski definition) is 4. The number of amides is 1. The van der Waals surface area contributed by atoms with Gasteiger partial charge in [0.2, 0.25) is 0 Å². The van der Waals surface area contributed by atoms with Crippen molar-refractivity contribution in [3.63, 3.8) is 0 Å².